The molecule has 10 heteroatoms. The number of hydrogen-bond acceptors (Lipinski definition) is 7. The fourth-order valence-corrected chi connectivity index (χ4v) is 4.18. The second kappa shape index (κ2) is 8.94. The number of aromatic nitrogens is 1. The first kappa shape index (κ1) is 20.5. The summed E-state index contributed by atoms with van der Waals surface area (Å²) in [7, 11) is 0. The molecule has 0 aliphatic heterocycles. The van der Waals surface area contributed by atoms with Gasteiger partial charge in [-0.15, -0.1) is 22.7 Å². The zero-order valence-corrected chi connectivity index (χ0v) is 17.8. The highest BCUT2D eigenvalue weighted by Crippen LogP contribution is 2.28. The molecule has 0 unspecified atom stereocenters. The maximum Gasteiger partial charge on any atom is 0.291 e. The van der Waals surface area contributed by atoms with Crippen LogP contribution in [0.2, 0.25) is 0 Å². The number of rotatable bonds is 6. The Morgan fingerprint density at radius 1 is 0.968 bits per heavy atom. The van der Waals surface area contributed by atoms with Crippen molar-refractivity contribution in [2.75, 3.05) is 16.0 Å². The van der Waals surface area contributed by atoms with E-state index in [2.05, 4.69) is 20.9 Å². The molecule has 31 heavy (non-hydrogen) atoms. The molecule has 156 valence electrons. The fraction of sp³-hybridized carbons (Fsp3) is 0.0476. The van der Waals surface area contributed by atoms with E-state index in [0.29, 0.717) is 26.3 Å². The van der Waals surface area contributed by atoms with Crippen LogP contribution in [0.1, 0.15) is 36.1 Å². The minimum Gasteiger partial charge on any atom is -0.459 e. The third kappa shape index (κ3) is 4.87. The number of carbonyl (C=O) groups is 3. The highest BCUT2D eigenvalue weighted by atomic mass is 32.1. The summed E-state index contributed by atoms with van der Waals surface area (Å²) in [5.41, 5.74) is 1.73. The van der Waals surface area contributed by atoms with Crippen molar-refractivity contribution in [2.24, 2.45) is 0 Å². The summed E-state index contributed by atoms with van der Waals surface area (Å²) in [5.74, 6) is -0.777. The van der Waals surface area contributed by atoms with Gasteiger partial charge in [0.2, 0.25) is 0 Å². The van der Waals surface area contributed by atoms with Gasteiger partial charge >= 0.3 is 0 Å². The number of nitrogens with zero attached hydrogens (tertiary/aromatic N) is 1. The van der Waals surface area contributed by atoms with E-state index in [0.717, 1.165) is 5.56 Å². The Labute approximate surface area is 184 Å². The average molecular weight is 453 g/mol. The van der Waals surface area contributed by atoms with Gasteiger partial charge < -0.3 is 15.1 Å². The second-order valence-electron chi connectivity index (χ2n) is 6.38. The van der Waals surface area contributed by atoms with Crippen LogP contribution in [0.25, 0.3) is 0 Å². The van der Waals surface area contributed by atoms with Crippen molar-refractivity contribution in [1.82, 2.24) is 4.98 Å². The van der Waals surface area contributed by atoms with Gasteiger partial charge in [0.15, 0.2) is 10.9 Å². The molecule has 4 aromatic rings. The molecule has 0 aliphatic rings. The van der Waals surface area contributed by atoms with E-state index in [1.54, 1.807) is 61.0 Å². The summed E-state index contributed by atoms with van der Waals surface area (Å²) in [4.78, 5) is 41.5. The number of thiophene rings is 1. The van der Waals surface area contributed by atoms with Gasteiger partial charge in [0.05, 0.1) is 16.1 Å². The molecule has 8 nitrogen and oxygen atoms in total. The number of thiazole rings is 1. The predicted molar refractivity (Wildman–Crippen MR) is 120 cm³/mol. The van der Waals surface area contributed by atoms with E-state index >= 15 is 0 Å². The van der Waals surface area contributed by atoms with Crippen LogP contribution in [-0.4, -0.2) is 22.7 Å². The van der Waals surface area contributed by atoms with Crippen LogP contribution >= 0.6 is 22.7 Å². The van der Waals surface area contributed by atoms with Crippen molar-refractivity contribution in [1.29, 1.82) is 0 Å². The first-order valence-electron chi connectivity index (χ1n) is 9.07. The van der Waals surface area contributed by atoms with Gasteiger partial charge in [-0.1, -0.05) is 0 Å². The standard InChI is InChI=1S/C21H16N4O4S2/c1-12-11-16(24-19(27)15-3-2-9-29-15)31-17(12)20(28)23-14-6-4-13(5-7-14)18(26)25-21-22-8-10-30-21/h2-11H,1H3,(H,23,28)(H,24,27)(H,22,25,26). The van der Waals surface area contributed by atoms with Crippen LogP contribution in [0.5, 0.6) is 0 Å². The van der Waals surface area contributed by atoms with Gasteiger partial charge in [0.1, 0.15) is 0 Å². The lowest BCUT2D eigenvalue weighted by Gasteiger charge is -2.06. The number of furan rings is 1. The maximum absolute atomic E-state index is 12.7. The molecule has 1 aromatic carbocycles. The Balaban J connectivity index is 1.39. The van der Waals surface area contributed by atoms with Gasteiger partial charge in [0.25, 0.3) is 17.7 Å². The van der Waals surface area contributed by atoms with Crippen LogP contribution in [0.4, 0.5) is 15.8 Å². The van der Waals surface area contributed by atoms with E-state index in [1.807, 2.05) is 0 Å². The maximum atomic E-state index is 12.7. The van der Waals surface area contributed by atoms with E-state index in [4.69, 9.17) is 4.42 Å². The van der Waals surface area contributed by atoms with Crippen LogP contribution in [-0.2, 0) is 0 Å². The van der Waals surface area contributed by atoms with Gasteiger partial charge in [-0.3, -0.25) is 19.7 Å². The van der Waals surface area contributed by atoms with Crippen molar-refractivity contribution in [3.63, 3.8) is 0 Å². The third-order valence-corrected chi connectivity index (χ3v) is 6.00. The van der Waals surface area contributed by atoms with E-state index in [1.165, 1.54) is 28.9 Å². The van der Waals surface area contributed by atoms with Crippen LogP contribution in [0.3, 0.4) is 0 Å². The number of anilines is 3. The number of nitrogens with one attached hydrogen (secondary N) is 3. The van der Waals surface area contributed by atoms with E-state index in [9.17, 15) is 14.4 Å². The smallest absolute Gasteiger partial charge is 0.291 e. The Bertz CT molecular complexity index is 1210. The lowest BCUT2D eigenvalue weighted by Crippen LogP contribution is -2.13. The molecule has 0 saturated heterocycles. The highest BCUT2D eigenvalue weighted by Gasteiger charge is 2.17. The molecule has 0 bridgehead atoms. The molecule has 3 N–H and O–H groups in total. The molecule has 0 fully saturated rings. The van der Waals surface area contributed by atoms with Crippen molar-refractivity contribution < 1.29 is 18.8 Å². The molecule has 0 aliphatic carbocycles. The van der Waals surface area contributed by atoms with Gasteiger partial charge in [-0.2, -0.15) is 0 Å². The fourth-order valence-electron chi connectivity index (χ4n) is 2.70. The largest absolute Gasteiger partial charge is 0.459 e. The Morgan fingerprint density at radius 2 is 1.77 bits per heavy atom. The average Bonchev–Trinajstić information content (AvgIpc) is 3.51. The summed E-state index contributed by atoms with van der Waals surface area (Å²) in [5, 5.41) is 11.1. The Kier molecular flexibility index (Phi) is 5.92. The second-order valence-corrected chi connectivity index (χ2v) is 8.32. The molecule has 0 radical (unpaired) electrons. The summed E-state index contributed by atoms with van der Waals surface area (Å²) >= 11 is 2.50. The summed E-state index contributed by atoms with van der Waals surface area (Å²) in [6.07, 6.45) is 3.03. The lowest BCUT2D eigenvalue weighted by molar-refractivity contribution is 0.0993. The predicted octanol–water partition coefficient (Wildman–Crippen LogP) is 4.86. The van der Waals surface area contributed by atoms with Gasteiger partial charge in [-0.05, 0) is 55.0 Å². The van der Waals surface area contributed by atoms with Gasteiger partial charge in [-0.25, -0.2) is 4.98 Å². The first-order valence-corrected chi connectivity index (χ1v) is 10.8. The first-order chi connectivity index (χ1) is 15.0. The minimum atomic E-state index is -0.384. The zero-order chi connectivity index (χ0) is 21.8. The van der Waals surface area contributed by atoms with E-state index < -0.39 is 0 Å². The van der Waals surface area contributed by atoms with Crippen LogP contribution < -0.4 is 16.0 Å². The topological polar surface area (TPSA) is 113 Å². The van der Waals surface area contributed by atoms with Gasteiger partial charge in [0, 0.05) is 22.8 Å². The highest BCUT2D eigenvalue weighted by molar-refractivity contribution is 7.18. The molecule has 0 saturated carbocycles. The SMILES string of the molecule is Cc1cc(NC(=O)c2ccco2)sc1C(=O)Nc1ccc(C(=O)Nc2nccs2)cc1. The molecular formula is C21H16N4O4S2. The molecule has 3 aromatic heterocycles. The molecule has 3 amide bonds. The number of carbonyl (C=O) groups excluding carboxylic acids is 3. The molecular weight excluding hydrogens is 436 g/mol. The lowest BCUT2D eigenvalue weighted by atomic mass is 10.2. The van der Waals surface area contributed by atoms with Crippen molar-refractivity contribution in [3.8, 4) is 0 Å². The number of hydrogen-bond donors (Lipinski definition) is 3. The van der Waals surface area contributed by atoms with Crippen LogP contribution in [0, 0.1) is 6.92 Å². The number of amides is 3. The van der Waals surface area contributed by atoms with Crippen molar-refractivity contribution in [3.05, 3.63) is 82.1 Å². The van der Waals surface area contributed by atoms with Crippen molar-refractivity contribution in [2.45, 2.75) is 6.92 Å². The Hall–Kier alpha value is -3.76. The summed E-state index contributed by atoms with van der Waals surface area (Å²) in [6.45, 7) is 1.79. The Morgan fingerprint density at radius 3 is 2.45 bits per heavy atom. The van der Waals surface area contributed by atoms with Crippen LogP contribution in [0.15, 0.2) is 64.7 Å². The minimum absolute atomic E-state index is 0.191. The summed E-state index contributed by atoms with van der Waals surface area (Å²) in [6, 6.07) is 11.5. The number of benzene rings is 1. The zero-order valence-electron chi connectivity index (χ0n) is 16.2. The monoisotopic (exact) mass is 452 g/mol. The molecule has 4 rings (SSSR count). The van der Waals surface area contributed by atoms with Crippen molar-refractivity contribution >= 4 is 56.2 Å². The molecule has 3 heterocycles. The van der Waals surface area contributed by atoms with E-state index in [-0.39, 0.29) is 23.5 Å². The quantitative estimate of drug-likeness (QED) is 0.387. The third-order valence-electron chi connectivity index (χ3n) is 4.16. The normalized spacial score (nSPS) is 10.5. The molecule has 0 atom stereocenters. The molecule has 0 spiro atoms. The summed E-state index contributed by atoms with van der Waals surface area (Å²) < 4.78 is 5.07. The number of aryl methyl sites for hydroxylation is 1.